The van der Waals surface area contributed by atoms with Crippen LogP contribution in [0.2, 0.25) is 5.02 Å². The summed E-state index contributed by atoms with van der Waals surface area (Å²) in [6.07, 6.45) is -1.43. The van der Waals surface area contributed by atoms with Gasteiger partial charge >= 0.3 is 6.18 Å². The summed E-state index contributed by atoms with van der Waals surface area (Å²) in [6, 6.07) is 8.83. The number of nitrogens with zero attached hydrogens (tertiary/aromatic N) is 4. The Bertz CT molecular complexity index is 927. The van der Waals surface area contributed by atoms with Gasteiger partial charge in [0.2, 0.25) is 11.7 Å². The number of rotatable bonds is 6. The SMILES string of the molecule is CCCOc1ncc(Cn2ncnc2C(F)(F)F)cc1-c1cccc(Cl)c1. The molecule has 0 saturated carbocycles. The molecule has 1 aromatic carbocycles. The highest BCUT2D eigenvalue weighted by Crippen LogP contribution is 2.32. The van der Waals surface area contributed by atoms with Gasteiger partial charge in [-0.1, -0.05) is 30.7 Å². The lowest BCUT2D eigenvalue weighted by Gasteiger charge is -2.13. The molecule has 0 aliphatic carbocycles. The van der Waals surface area contributed by atoms with Crippen LogP contribution >= 0.6 is 11.6 Å². The van der Waals surface area contributed by atoms with Crippen LogP contribution in [0.4, 0.5) is 13.2 Å². The normalized spacial score (nSPS) is 11.6. The standard InChI is InChI=1S/C18H16ClF3N4O/c1-2-6-27-16-15(13-4-3-5-14(19)8-13)7-12(9-23-16)10-26-17(18(20,21)22)24-11-25-26/h3-5,7-9,11H,2,6,10H2,1H3. The number of aromatic nitrogens is 4. The molecule has 0 spiro atoms. The van der Waals surface area contributed by atoms with Gasteiger partial charge in [0.25, 0.3) is 0 Å². The summed E-state index contributed by atoms with van der Waals surface area (Å²) in [5, 5.41) is 4.21. The van der Waals surface area contributed by atoms with Crippen LogP contribution in [0.15, 0.2) is 42.9 Å². The summed E-state index contributed by atoms with van der Waals surface area (Å²) >= 11 is 6.07. The van der Waals surface area contributed by atoms with Crippen molar-refractivity contribution in [3.05, 3.63) is 59.3 Å². The average Bonchev–Trinajstić information content (AvgIpc) is 3.09. The Balaban J connectivity index is 1.98. The van der Waals surface area contributed by atoms with Crippen LogP contribution < -0.4 is 4.74 Å². The van der Waals surface area contributed by atoms with Crippen molar-refractivity contribution in [2.75, 3.05) is 6.61 Å². The Labute approximate surface area is 158 Å². The third kappa shape index (κ3) is 4.57. The van der Waals surface area contributed by atoms with E-state index >= 15 is 0 Å². The first-order valence-corrected chi connectivity index (χ1v) is 8.59. The summed E-state index contributed by atoms with van der Waals surface area (Å²) in [4.78, 5) is 7.58. The maximum atomic E-state index is 13.0. The van der Waals surface area contributed by atoms with Gasteiger partial charge in [-0.15, -0.1) is 0 Å². The van der Waals surface area contributed by atoms with Crippen molar-refractivity contribution in [3.63, 3.8) is 0 Å². The minimum atomic E-state index is -4.58. The molecular weight excluding hydrogens is 381 g/mol. The van der Waals surface area contributed by atoms with Gasteiger partial charge in [-0.25, -0.2) is 14.6 Å². The molecule has 0 aliphatic heterocycles. The van der Waals surface area contributed by atoms with Crippen LogP contribution in [0.3, 0.4) is 0 Å². The van der Waals surface area contributed by atoms with E-state index in [2.05, 4.69) is 15.1 Å². The molecule has 0 atom stereocenters. The average molecular weight is 397 g/mol. The lowest BCUT2D eigenvalue weighted by Crippen LogP contribution is -2.16. The molecule has 0 radical (unpaired) electrons. The molecule has 0 N–H and O–H groups in total. The Morgan fingerprint density at radius 3 is 2.70 bits per heavy atom. The van der Waals surface area contributed by atoms with Gasteiger partial charge in [-0.2, -0.15) is 18.3 Å². The van der Waals surface area contributed by atoms with E-state index in [1.54, 1.807) is 24.3 Å². The molecular formula is C18H16ClF3N4O. The van der Waals surface area contributed by atoms with E-state index in [0.29, 0.717) is 28.6 Å². The molecule has 0 amide bonds. The molecule has 142 valence electrons. The van der Waals surface area contributed by atoms with Gasteiger partial charge in [-0.05, 0) is 35.7 Å². The van der Waals surface area contributed by atoms with Crippen LogP contribution in [0, 0.1) is 0 Å². The number of ether oxygens (including phenoxy) is 1. The van der Waals surface area contributed by atoms with Crippen molar-refractivity contribution in [2.45, 2.75) is 26.1 Å². The Hall–Kier alpha value is -2.61. The summed E-state index contributed by atoms with van der Waals surface area (Å²) in [5.41, 5.74) is 1.94. The van der Waals surface area contributed by atoms with Crippen LogP contribution in [-0.4, -0.2) is 26.4 Å². The zero-order valence-corrected chi connectivity index (χ0v) is 15.1. The first kappa shape index (κ1) is 19.2. The van der Waals surface area contributed by atoms with Gasteiger partial charge in [-0.3, -0.25) is 0 Å². The molecule has 0 saturated heterocycles. The maximum absolute atomic E-state index is 13.0. The first-order chi connectivity index (χ1) is 12.9. The number of halogens is 4. The third-order valence-electron chi connectivity index (χ3n) is 3.69. The molecule has 27 heavy (non-hydrogen) atoms. The van der Waals surface area contributed by atoms with Crippen molar-refractivity contribution in [3.8, 4) is 17.0 Å². The fourth-order valence-corrected chi connectivity index (χ4v) is 2.72. The van der Waals surface area contributed by atoms with E-state index in [1.807, 2.05) is 13.0 Å². The lowest BCUT2D eigenvalue weighted by molar-refractivity contribution is -0.147. The number of hydrogen-bond donors (Lipinski definition) is 0. The lowest BCUT2D eigenvalue weighted by atomic mass is 10.1. The molecule has 5 nitrogen and oxygen atoms in total. The smallest absolute Gasteiger partial charge is 0.451 e. The highest BCUT2D eigenvalue weighted by molar-refractivity contribution is 6.30. The molecule has 0 aliphatic rings. The number of pyridine rings is 1. The minimum absolute atomic E-state index is 0.122. The summed E-state index contributed by atoms with van der Waals surface area (Å²) in [5.74, 6) is -0.657. The van der Waals surface area contributed by atoms with Crippen molar-refractivity contribution in [1.82, 2.24) is 19.7 Å². The molecule has 9 heteroatoms. The molecule has 3 aromatic rings. The first-order valence-electron chi connectivity index (χ1n) is 8.21. The monoisotopic (exact) mass is 396 g/mol. The predicted octanol–water partition coefficient (Wildman–Crippen LogP) is 4.85. The highest BCUT2D eigenvalue weighted by Gasteiger charge is 2.36. The van der Waals surface area contributed by atoms with Crippen LogP contribution in [-0.2, 0) is 12.7 Å². The number of benzene rings is 1. The molecule has 0 fully saturated rings. The largest absolute Gasteiger partial charge is 0.477 e. The molecule has 2 heterocycles. The summed E-state index contributed by atoms with van der Waals surface area (Å²) in [7, 11) is 0. The van der Waals surface area contributed by atoms with Crippen molar-refractivity contribution < 1.29 is 17.9 Å². The van der Waals surface area contributed by atoms with Crippen LogP contribution in [0.5, 0.6) is 5.88 Å². The predicted molar refractivity (Wildman–Crippen MR) is 94.6 cm³/mol. The summed E-state index contributed by atoms with van der Waals surface area (Å²) < 4.78 is 45.5. The fraction of sp³-hybridized carbons (Fsp3) is 0.278. The Kier molecular flexibility index (Phi) is 5.65. The van der Waals surface area contributed by atoms with Gasteiger partial charge in [0.05, 0.1) is 13.2 Å². The quantitative estimate of drug-likeness (QED) is 0.597. The Morgan fingerprint density at radius 1 is 1.19 bits per heavy atom. The van der Waals surface area contributed by atoms with Crippen molar-refractivity contribution >= 4 is 11.6 Å². The zero-order chi connectivity index (χ0) is 19.4. The highest BCUT2D eigenvalue weighted by atomic mass is 35.5. The van der Waals surface area contributed by atoms with Gasteiger partial charge in [0.15, 0.2) is 0 Å². The number of alkyl halides is 3. The third-order valence-corrected chi connectivity index (χ3v) is 3.92. The molecule has 2 aromatic heterocycles. The van der Waals surface area contributed by atoms with Gasteiger partial charge in [0, 0.05) is 16.8 Å². The van der Waals surface area contributed by atoms with Gasteiger partial charge in [0.1, 0.15) is 6.33 Å². The zero-order valence-electron chi connectivity index (χ0n) is 14.4. The minimum Gasteiger partial charge on any atom is -0.477 e. The summed E-state index contributed by atoms with van der Waals surface area (Å²) in [6.45, 7) is 2.32. The number of hydrogen-bond acceptors (Lipinski definition) is 4. The van der Waals surface area contributed by atoms with E-state index in [4.69, 9.17) is 16.3 Å². The van der Waals surface area contributed by atoms with E-state index in [0.717, 1.165) is 23.0 Å². The van der Waals surface area contributed by atoms with Crippen LogP contribution in [0.25, 0.3) is 11.1 Å². The Morgan fingerprint density at radius 2 is 2.00 bits per heavy atom. The molecule has 0 unspecified atom stereocenters. The maximum Gasteiger partial charge on any atom is 0.451 e. The van der Waals surface area contributed by atoms with Gasteiger partial charge < -0.3 is 4.74 Å². The van der Waals surface area contributed by atoms with E-state index in [-0.39, 0.29) is 6.54 Å². The molecule has 0 bridgehead atoms. The van der Waals surface area contributed by atoms with Crippen molar-refractivity contribution in [2.24, 2.45) is 0 Å². The van der Waals surface area contributed by atoms with E-state index < -0.39 is 12.0 Å². The fourth-order valence-electron chi connectivity index (χ4n) is 2.53. The van der Waals surface area contributed by atoms with Crippen LogP contribution in [0.1, 0.15) is 24.7 Å². The second kappa shape index (κ2) is 7.96. The second-order valence-corrected chi connectivity index (χ2v) is 6.23. The van der Waals surface area contributed by atoms with Crippen molar-refractivity contribution in [1.29, 1.82) is 0 Å². The topological polar surface area (TPSA) is 52.8 Å². The van der Waals surface area contributed by atoms with E-state index in [1.165, 1.54) is 6.20 Å². The second-order valence-electron chi connectivity index (χ2n) is 5.79. The molecule has 3 rings (SSSR count). The van der Waals surface area contributed by atoms with E-state index in [9.17, 15) is 13.2 Å².